The number of likely N-dealkylation sites (tertiary alicyclic amines) is 1. The number of rotatable bonds is 7. The van der Waals surface area contributed by atoms with Gasteiger partial charge < -0.3 is 14.7 Å². The van der Waals surface area contributed by atoms with Crippen LogP contribution in [0.1, 0.15) is 16.7 Å². The van der Waals surface area contributed by atoms with Crippen molar-refractivity contribution in [1.82, 2.24) is 9.80 Å². The minimum absolute atomic E-state index is 0.0865. The van der Waals surface area contributed by atoms with Gasteiger partial charge in [0.1, 0.15) is 18.2 Å². The number of hydrogen-bond acceptors (Lipinski definition) is 4. The van der Waals surface area contributed by atoms with Crippen LogP contribution in [0.15, 0.2) is 72.8 Å². The molecule has 0 spiro atoms. The fourth-order valence-electron chi connectivity index (χ4n) is 4.09. The first-order chi connectivity index (χ1) is 16.4. The third-order valence-corrected chi connectivity index (χ3v) is 6.28. The second kappa shape index (κ2) is 11.0. The second-order valence-corrected chi connectivity index (χ2v) is 8.72. The number of carbonyl (C=O) groups excluding carboxylic acids is 1. The molecule has 5 nitrogen and oxygen atoms in total. The van der Waals surface area contributed by atoms with Crippen LogP contribution < -0.4 is 0 Å². The molecule has 8 heteroatoms. The SMILES string of the molecule is O=C(OCc1ccccc1)N1C[C@@H](O)[C@H](N(Cc2ccc(F)cc2F)Cc2ccccc2Cl)C1. The number of aliphatic hydroxyl groups is 1. The number of hydrogen-bond donors (Lipinski definition) is 1. The molecule has 1 N–H and O–H groups in total. The lowest BCUT2D eigenvalue weighted by Crippen LogP contribution is -2.43. The molecule has 0 aliphatic carbocycles. The summed E-state index contributed by atoms with van der Waals surface area (Å²) in [5, 5.41) is 11.4. The number of nitrogens with zero attached hydrogens (tertiary/aromatic N) is 2. The van der Waals surface area contributed by atoms with E-state index in [-0.39, 0.29) is 31.8 Å². The van der Waals surface area contributed by atoms with Gasteiger partial charge in [-0.3, -0.25) is 4.90 Å². The predicted octanol–water partition coefficient (Wildman–Crippen LogP) is 5.00. The van der Waals surface area contributed by atoms with Crippen molar-refractivity contribution in [3.63, 3.8) is 0 Å². The molecular formula is C26H25ClF2N2O3. The summed E-state index contributed by atoms with van der Waals surface area (Å²) in [4.78, 5) is 15.9. The zero-order valence-corrected chi connectivity index (χ0v) is 19.2. The van der Waals surface area contributed by atoms with E-state index >= 15 is 0 Å². The Bertz CT molecular complexity index is 1130. The molecule has 178 valence electrons. The van der Waals surface area contributed by atoms with Crippen LogP contribution in [0.2, 0.25) is 5.02 Å². The summed E-state index contributed by atoms with van der Waals surface area (Å²) in [7, 11) is 0. The molecule has 1 aliphatic heterocycles. The topological polar surface area (TPSA) is 53.0 Å². The molecule has 1 saturated heterocycles. The van der Waals surface area contributed by atoms with E-state index in [1.54, 1.807) is 6.07 Å². The minimum Gasteiger partial charge on any atom is -0.445 e. The first-order valence-electron chi connectivity index (χ1n) is 11.0. The van der Waals surface area contributed by atoms with E-state index in [1.807, 2.05) is 53.4 Å². The van der Waals surface area contributed by atoms with Gasteiger partial charge in [-0.05, 0) is 23.3 Å². The third kappa shape index (κ3) is 5.91. The summed E-state index contributed by atoms with van der Waals surface area (Å²) in [5.74, 6) is -1.33. The molecule has 3 aromatic carbocycles. The Hall–Kier alpha value is -3.00. The summed E-state index contributed by atoms with van der Waals surface area (Å²) < 4.78 is 33.3. The molecular weight excluding hydrogens is 462 g/mol. The quantitative estimate of drug-likeness (QED) is 0.510. The molecule has 1 fully saturated rings. The molecule has 0 bridgehead atoms. The Labute approximate surface area is 202 Å². The first kappa shape index (κ1) is 24.1. The lowest BCUT2D eigenvalue weighted by atomic mass is 10.1. The van der Waals surface area contributed by atoms with Crippen molar-refractivity contribution in [3.8, 4) is 0 Å². The summed E-state index contributed by atoms with van der Waals surface area (Å²) in [6.07, 6.45) is -1.41. The first-order valence-corrected chi connectivity index (χ1v) is 11.3. The van der Waals surface area contributed by atoms with Gasteiger partial charge in [0.15, 0.2) is 0 Å². The molecule has 0 radical (unpaired) electrons. The molecule has 1 heterocycles. The normalized spacial score (nSPS) is 17.9. The number of benzene rings is 3. The van der Waals surface area contributed by atoms with Crippen LogP contribution in [-0.2, 0) is 24.4 Å². The highest BCUT2D eigenvalue weighted by Gasteiger charge is 2.38. The Kier molecular flexibility index (Phi) is 7.77. The van der Waals surface area contributed by atoms with E-state index in [1.165, 1.54) is 17.0 Å². The van der Waals surface area contributed by atoms with Crippen molar-refractivity contribution in [3.05, 3.63) is 106 Å². The number of carbonyl (C=O) groups is 1. The van der Waals surface area contributed by atoms with Gasteiger partial charge in [0.2, 0.25) is 0 Å². The molecule has 1 aliphatic rings. The van der Waals surface area contributed by atoms with Gasteiger partial charge in [-0.1, -0.05) is 66.2 Å². The van der Waals surface area contributed by atoms with Crippen LogP contribution in [0.3, 0.4) is 0 Å². The van der Waals surface area contributed by atoms with Crippen molar-refractivity contribution in [2.45, 2.75) is 31.8 Å². The van der Waals surface area contributed by atoms with Crippen molar-refractivity contribution in [2.24, 2.45) is 0 Å². The van der Waals surface area contributed by atoms with Gasteiger partial charge in [-0.25, -0.2) is 13.6 Å². The number of ether oxygens (including phenoxy) is 1. The van der Waals surface area contributed by atoms with Gasteiger partial charge in [-0.2, -0.15) is 0 Å². The van der Waals surface area contributed by atoms with E-state index in [0.29, 0.717) is 11.6 Å². The van der Waals surface area contributed by atoms with Crippen LogP contribution >= 0.6 is 11.6 Å². The molecule has 34 heavy (non-hydrogen) atoms. The van der Waals surface area contributed by atoms with Gasteiger partial charge in [0.25, 0.3) is 0 Å². The lowest BCUT2D eigenvalue weighted by Gasteiger charge is -2.31. The fourth-order valence-corrected chi connectivity index (χ4v) is 4.29. The van der Waals surface area contributed by atoms with Crippen LogP contribution in [-0.4, -0.2) is 46.2 Å². The monoisotopic (exact) mass is 486 g/mol. The van der Waals surface area contributed by atoms with Crippen molar-refractivity contribution >= 4 is 17.7 Å². The lowest BCUT2D eigenvalue weighted by molar-refractivity contribution is 0.0721. The predicted molar refractivity (Wildman–Crippen MR) is 125 cm³/mol. The van der Waals surface area contributed by atoms with Gasteiger partial charge >= 0.3 is 6.09 Å². The minimum atomic E-state index is -0.879. The van der Waals surface area contributed by atoms with Crippen LogP contribution in [0, 0.1) is 11.6 Å². The molecule has 3 aromatic rings. The maximum Gasteiger partial charge on any atom is 0.410 e. The van der Waals surface area contributed by atoms with Crippen LogP contribution in [0.4, 0.5) is 13.6 Å². The summed E-state index contributed by atoms with van der Waals surface area (Å²) in [5.41, 5.74) is 1.94. The van der Waals surface area contributed by atoms with Crippen molar-refractivity contribution in [1.29, 1.82) is 0 Å². The van der Waals surface area contributed by atoms with E-state index in [0.717, 1.165) is 17.2 Å². The number of halogens is 3. The fraction of sp³-hybridized carbons (Fsp3) is 0.269. The van der Waals surface area contributed by atoms with Crippen LogP contribution in [0.25, 0.3) is 0 Å². The number of aliphatic hydroxyl groups excluding tert-OH is 1. The zero-order chi connectivity index (χ0) is 24.1. The summed E-state index contributed by atoms with van der Waals surface area (Å²) in [6.45, 7) is 0.823. The average Bonchev–Trinajstić information content (AvgIpc) is 3.22. The van der Waals surface area contributed by atoms with E-state index in [2.05, 4.69) is 0 Å². The Morgan fingerprint density at radius 3 is 2.44 bits per heavy atom. The average molecular weight is 487 g/mol. The van der Waals surface area contributed by atoms with Crippen LogP contribution in [0.5, 0.6) is 0 Å². The summed E-state index contributed by atoms with van der Waals surface area (Å²) >= 11 is 6.35. The summed E-state index contributed by atoms with van der Waals surface area (Å²) in [6, 6.07) is 19.5. The largest absolute Gasteiger partial charge is 0.445 e. The molecule has 0 aromatic heterocycles. The van der Waals surface area contributed by atoms with E-state index in [4.69, 9.17) is 16.3 Å². The molecule has 4 rings (SSSR count). The Morgan fingerprint density at radius 2 is 1.71 bits per heavy atom. The molecule has 2 atom stereocenters. The van der Waals surface area contributed by atoms with Gasteiger partial charge in [0.05, 0.1) is 18.7 Å². The number of β-amino-alcohol motifs (C(OH)–C–C–N with tert-alkyl or cyclic N) is 1. The Balaban J connectivity index is 1.50. The van der Waals surface area contributed by atoms with Gasteiger partial charge in [0, 0.05) is 36.3 Å². The highest BCUT2D eigenvalue weighted by molar-refractivity contribution is 6.31. The third-order valence-electron chi connectivity index (χ3n) is 5.91. The van der Waals surface area contributed by atoms with Crippen molar-refractivity contribution in [2.75, 3.05) is 13.1 Å². The second-order valence-electron chi connectivity index (χ2n) is 8.31. The van der Waals surface area contributed by atoms with E-state index < -0.39 is 29.9 Å². The molecule has 0 unspecified atom stereocenters. The number of amides is 1. The van der Waals surface area contributed by atoms with Gasteiger partial charge in [-0.15, -0.1) is 0 Å². The maximum atomic E-state index is 14.4. The maximum absolute atomic E-state index is 14.4. The smallest absolute Gasteiger partial charge is 0.410 e. The zero-order valence-electron chi connectivity index (χ0n) is 18.4. The van der Waals surface area contributed by atoms with Crippen molar-refractivity contribution < 1.29 is 23.4 Å². The highest BCUT2D eigenvalue weighted by Crippen LogP contribution is 2.26. The standard InChI is InChI=1S/C26H25ClF2N2O3/c27-22-9-5-4-8-19(22)13-30(14-20-10-11-21(28)12-23(20)29)24-15-31(16-25(24)32)26(33)34-17-18-6-2-1-3-7-18/h1-12,24-25,32H,13-17H2/t24-,25-/m1/s1. The molecule has 0 saturated carbocycles. The molecule has 1 amide bonds. The Morgan fingerprint density at radius 1 is 1.00 bits per heavy atom. The highest BCUT2D eigenvalue weighted by atomic mass is 35.5. The van der Waals surface area contributed by atoms with E-state index in [9.17, 15) is 18.7 Å².